The number of fused-ring (bicyclic) bond motifs is 1. The predicted molar refractivity (Wildman–Crippen MR) is 64.0 cm³/mol. The highest BCUT2D eigenvalue weighted by Gasteiger charge is 2.07. The summed E-state index contributed by atoms with van der Waals surface area (Å²) < 4.78 is 0. The van der Waals surface area contributed by atoms with Gasteiger partial charge in [0.25, 0.3) is 0 Å². The van der Waals surface area contributed by atoms with Crippen LogP contribution in [0.3, 0.4) is 0 Å². The minimum Gasteiger partial charge on any atom is -0.388 e. The fraction of sp³-hybridized carbons (Fsp3) is 0.385. The molecular weight excluding hydrogens is 200 g/mol. The Morgan fingerprint density at radius 2 is 1.94 bits per heavy atom. The Hall–Kier alpha value is -1.48. The first-order chi connectivity index (χ1) is 7.81. The van der Waals surface area contributed by atoms with E-state index in [4.69, 9.17) is 0 Å². The van der Waals surface area contributed by atoms with Crippen LogP contribution in [0.15, 0.2) is 30.6 Å². The molecule has 2 rings (SSSR count). The fourth-order valence-corrected chi connectivity index (χ4v) is 1.75. The molecule has 0 fully saturated rings. The van der Waals surface area contributed by atoms with Crippen LogP contribution in [0.2, 0.25) is 0 Å². The van der Waals surface area contributed by atoms with Gasteiger partial charge in [0.2, 0.25) is 0 Å². The summed E-state index contributed by atoms with van der Waals surface area (Å²) >= 11 is 0. The second-order valence-corrected chi connectivity index (χ2v) is 3.96. The number of rotatable bonds is 4. The van der Waals surface area contributed by atoms with Crippen LogP contribution in [-0.2, 0) is 0 Å². The van der Waals surface area contributed by atoms with Crippen LogP contribution in [0.1, 0.15) is 37.9 Å². The van der Waals surface area contributed by atoms with Gasteiger partial charge in [-0.15, -0.1) is 0 Å². The van der Waals surface area contributed by atoms with E-state index in [1.54, 1.807) is 12.4 Å². The van der Waals surface area contributed by atoms with Gasteiger partial charge in [-0.2, -0.15) is 0 Å². The average Bonchev–Trinajstić information content (AvgIpc) is 2.35. The number of aliphatic hydroxyl groups excluding tert-OH is 1. The standard InChI is InChI=1S/C13H16N2O/c1-2-3-4-13(16)10-5-6-11-12(9-10)15-8-7-14-11/h5-9,13,16H,2-4H2,1H3. The molecule has 1 aromatic carbocycles. The molecule has 3 nitrogen and oxygen atoms in total. The molecule has 0 radical (unpaired) electrons. The summed E-state index contributed by atoms with van der Waals surface area (Å²) in [5.41, 5.74) is 2.64. The van der Waals surface area contributed by atoms with Crippen LogP contribution in [0.4, 0.5) is 0 Å². The molecular formula is C13H16N2O. The van der Waals surface area contributed by atoms with Crippen molar-refractivity contribution < 1.29 is 5.11 Å². The van der Waals surface area contributed by atoms with Crippen LogP contribution in [0, 0.1) is 0 Å². The Morgan fingerprint density at radius 3 is 2.69 bits per heavy atom. The molecule has 0 bridgehead atoms. The zero-order valence-corrected chi connectivity index (χ0v) is 9.43. The topological polar surface area (TPSA) is 46.0 Å². The van der Waals surface area contributed by atoms with Crippen LogP contribution in [0.5, 0.6) is 0 Å². The maximum Gasteiger partial charge on any atom is 0.0890 e. The van der Waals surface area contributed by atoms with Gasteiger partial charge in [-0.3, -0.25) is 9.97 Å². The quantitative estimate of drug-likeness (QED) is 0.854. The highest BCUT2D eigenvalue weighted by atomic mass is 16.3. The lowest BCUT2D eigenvalue weighted by molar-refractivity contribution is 0.164. The highest BCUT2D eigenvalue weighted by molar-refractivity contribution is 5.74. The van der Waals surface area contributed by atoms with E-state index in [2.05, 4.69) is 16.9 Å². The number of benzene rings is 1. The highest BCUT2D eigenvalue weighted by Crippen LogP contribution is 2.21. The number of hydrogen-bond donors (Lipinski definition) is 1. The third kappa shape index (κ3) is 2.36. The summed E-state index contributed by atoms with van der Waals surface area (Å²) in [5, 5.41) is 9.96. The number of unbranched alkanes of at least 4 members (excludes halogenated alkanes) is 1. The number of hydrogen-bond acceptors (Lipinski definition) is 3. The van der Waals surface area contributed by atoms with Crippen molar-refractivity contribution >= 4 is 11.0 Å². The normalized spacial score (nSPS) is 12.9. The van der Waals surface area contributed by atoms with Crippen LogP contribution >= 0.6 is 0 Å². The van der Waals surface area contributed by atoms with Gasteiger partial charge in [0, 0.05) is 12.4 Å². The molecule has 84 valence electrons. The van der Waals surface area contributed by atoms with Gasteiger partial charge in [0.05, 0.1) is 17.1 Å². The minimum absolute atomic E-state index is 0.383. The molecule has 1 N–H and O–H groups in total. The van der Waals surface area contributed by atoms with Crippen molar-refractivity contribution in [3.8, 4) is 0 Å². The van der Waals surface area contributed by atoms with E-state index in [1.807, 2.05) is 18.2 Å². The number of nitrogens with zero attached hydrogens (tertiary/aromatic N) is 2. The molecule has 0 saturated heterocycles. The Bertz CT molecular complexity index is 470. The van der Waals surface area contributed by atoms with E-state index in [0.29, 0.717) is 0 Å². The van der Waals surface area contributed by atoms with E-state index in [9.17, 15) is 5.11 Å². The summed E-state index contributed by atoms with van der Waals surface area (Å²) in [7, 11) is 0. The molecule has 0 aliphatic rings. The van der Waals surface area contributed by atoms with Gasteiger partial charge in [0.15, 0.2) is 0 Å². The lowest BCUT2D eigenvalue weighted by Gasteiger charge is -2.10. The molecule has 0 aliphatic carbocycles. The third-order valence-electron chi connectivity index (χ3n) is 2.71. The van der Waals surface area contributed by atoms with Crippen molar-refractivity contribution in [1.82, 2.24) is 9.97 Å². The summed E-state index contributed by atoms with van der Waals surface area (Å²) in [6, 6.07) is 5.76. The molecule has 1 aromatic heterocycles. The largest absolute Gasteiger partial charge is 0.388 e. The molecule has 0 saturated carbocycles. The first-order valence-electron chi connectivity index (χ1n) is 5.70. The summed E-state index contributed by atoms with van der Waals surface area (Å²) in [4.78, 5) is 8.43. The molecule has 1 atom stereocenters. The Balaban J connectivity index is 2.25. The summed E-state index contributed by atoms with van der Waals surface area (Å²) in [6.45, 7) is 2.12. The smallest absolute Gasteiger partial charge is 0.0890 e. The van der Waals surface area contributed by atoms with E-state index in [-0.39, 0.29) is 6.10 Å². The van der Waals surface area contributed by atoms with Crippen LogP contribution in [-0.4, -0.2) is 15.1 Å². The third-order valence-corrected chi connectivity index (χ3v) is 2.71. The second kappa shape index (κ2) is 5.03. The van der Waals surface area contributed by atoms with Gasteiger partial charge in [-0.25, -0.2) is 0 Å². The molecule has 3 heteroatoms. The Labute approximate surface area is 95.2 Å². The van der Waals surface area contributed by atoms with E-state index in [0.717, 1.165) is 35.9 Å². The zero-order chi connectivity index (χ0) is 11.4. The summed E-state index contributed by atoms with van der Waals surface area (Å²) in [5.74, 6) is 0. The minimum atomic E-state index is -0.383. The number of aromatic nitrogens is 2. The van der Waals surface area contributed by atoms with E-state index < -0.39 is 0 Å². The zero-order valence-electron chi connectivity index (χ0n) is 9.43. The maximum atomic E-state index is 9.96. The van der Waals surface area contributed by atoms with Gasteiger partial charge < -0.3 is 5.11 Å². The van der Waals surface area contributed by atoms with Crippen LogP contribution < -0.4 is 0 Å². The van der Waals surface area contributed by atoms with Crippen LogP contribution in [0.25, 0.3) is 11.0 Å². The van der Waals surface area contributed by atoms with Crippen molar-refractivity contribution in [2.45, 2.75) is 32.3 Å². The molecule has 0 amide bonds. The van der Waals surface area contributed by atoms with E-state index in [1.165, 1.54) is 0 Å². The maximum absolute atomic E-state index is 9.96. The Morgan fingerprint density at radius 1 is 1.19 bits per heavy atom. The van der Waals surface area contributed by atoms with Gasteiger partial charge >= 0.3 is 0 Å². The predicted octanol–water partition coefficient (Wildman–Crippen LogP) is 2.85. The SMILES string of the molecule is CCCCC(O)c1ccc2nccnc2c1. The first kappa shape index (κ1) is 11.0. The van der Waals surface area contributed by atoms with Crippen molar-refractivity contribution in [3.05, 3.63) is 36.2 Å². The molecule has 1 unspecified atom stereocenters. The van der Waals surface area contributed by atoms with E-state index >= 15 is 0 Å². The first-order valence-corrected chi connectivity index (χ1v) is 5.70. The molecule has 1 heterocycles. The fourth-order valence-electron chi connectivity index (χ4n) is 1.75. The molecule has 0 spiro atoms. The van der Waals surface area contributed by atoms with Gasteiger partial charge in [-0.05, 0) is 24.1 Å². The molecule has 0 aliphatic heterocycles. The van der Waals surface area contributed by atoms with Crippen molar-refractivity contribution in [1.29, 1.82) is 0 Å². The molecule has 16 heavy (non-hydrogen) atoms. The van der Waals surface area contributed by atoms with Crippen molar-refractivity contribution in [3.63, 3.8) is 0 Å². The second-order valence-electron chi connectivity index (χ2n) is 3.96. The average molecular weight is 216 g/mol. The molecule has 2 aromatic rings. The summed E-state index contributed by atoms with van der Waals surface area (Å²) in [6.07, 6.45) is 5.92. The monoisotopic (exact) mass is 216 g/mol. The Kier molecular flexibility index (Phi) is 3.47. The lowest BCUT2D eigenvalue weighted by Crippen LogP contribution is -1.97. The lowest BCUT2D eigenvalue weighted by atomic mass is 10.0. The van der Waals surface area contributed by atoms with Gasteiger partial charge in [0.1, 0.15) is 0 Å². The van der Waals surface area contributed by atoms with Crippen molar-refractivity contribution in [2.75, 3.05) is 0 Å². The number of aliphatic hydroxyl groups is 1. The van der Waals surface area contributed by atoms with Gasteiger partial charge in [-0.1, -0.05) is 25.8 Å². The van der Waals surface area contributed by atoms with Crippen molar-refractivity contribution in [2.24, 2.45) is 0 Å².